The van der Waals surface area contributed by atoms with Crippen LogP contribution in [-0.2, 0) is 17.5 Å². The molecular formula is C19H23F3N4O2. The zero-order chi connectivity index (χ0) is 20.1. The molecule has 9 heteroatoms. The first-order valence-electron chi connectivity index (χ1n) is 9.31. The molecule has 0 radical (unpaired) electrons. The van der Waals surface area contributed by atoms with Gasteiger partial charge in [0.05, 0.1) is 12.1 Å². The van der Waals surface area contributed by atoms with Crippen molar-refractivity contribution in [3.63, 3.8) is 0 Å². The molecule has 1 unspecified atom stereocenters. The van der Waals surface area contributed by atoms with Crippen LogP contribution < -0.4 is 5.32 Å². The summed E-state index contributed by atoms with van der Waals surface area (Å²) in [5.41, 5.74) is -0.237. The number of carbonyl (C=O) groups excluding carboxylic acids is 1. The van der Waals surface area contributed by atoms with E-state index < -0.39 is 11.7 Å². The lowest BCUT2D eigenvalue weighted by atomic mass is 9.99. The number of hydrogen-bond donors (Lipinski definition) is 1. The van der Waals surface area contributed by atoms with Crippen LogP contribution in [0, 0.1) is 0 Å². The van der Waals surface area contributed by atoms with E-state index >= 15 is 0 Å². The van der Waals surface area contributed by atoms with E-state index in [1.807, 2.05) is 0 Å². The first-order valence-corrected chi connectivity index (χ1v) is 9.31. The van der Waals surface area contributed by atoms with Crippen molar-refractivity contribution in [3.05, 3.63) is 35.7 Å². The molecule has 1 atom stereocenters. The SMILES string of the molecule is CC(=O)NCCC1CCCCN1Cc1nc(-c2ccc(C(F)(F)F)cc2)no1. The molecule has 1 N–H and O–H groups in total. The molecule has 152 valence electrons. The minimum absolute atomic E-state index is 0.0413. The van der Waals surface area contributed by atoms with Crippen LogP contribution >= 0.6 is 0 Å². The third-order valence-corrected chi connectivity index (χ3v) is 4.88. The van der Waals surface area contributed by atoms with E-state index in [4.69, 9.17) is 4.52 Å². The van der Waals surface area contributed by atoms with E-state index in [0.717, 1.165) is 44.4 Å². The Kier molecular flexibility index (Phi) is 6.33. The maximum absolute atomic E-state index is 12.7. The summed E-state index contributed by atoms with van der Waals surface area (Å²) in [6.45, 7) is 3.51. The predicted octanol–water partition coefficient (Wildman–Crippen LogP) is 3.64. The minimum Gasteiger partial charge on any atom is -0.356 e. The molecule has 0 bridgehead atoms. The highest BCUT2D eigenvalue weighted by atomic mass is 19.4. The maximum Gasteiger partial charge on any atom is 0.416 e. The zero-order valence-electron chi connectivity index (χ0n) is 15.6. The summed E-state index contributed by atoms with van der Waals surface area (Å²) in [4.78, 5) is 17.6. The second kappa shape index (κ2) is 8.72. The summed E-state index contributed by atoms with van der Waals surface area (Å²) >= 11 is 0. The minimum atomic E-state index is -4.37. The van der Waals surface area contributed by atoms with Gasteiger partial charge in [-0.15, -0.1) is 0 Å². The molecule has 2 heterocycles. The Morgan fingerprint density at radius 1 is 1.29 bits per heavy atom. The highest BCUT2D eigenvalue weighted by Gasteiger charge is 2.30. The number of aromatic nitrogens is 2. The lowest BCUT2D eigenvalue weighted by Crippen LogP contribution is -2.41. The Balaban J connectivity index is 1.63. The molecule has 0 aliphatic carbocycles. The van der Waals surface area contributed by atoms with Crippen molar-refractivity contribution in [2.45, 2.75) is 51.4 Å². The summed E-state index contributed by atoms with van der Waals surface area (Å²) < 4.78 is 43.3. The average molecular weight is 396 g/mol. The van der Waals surface area contributed by atoms with E-state index in [1.54, 1.807) is 0 Å². The summed E-state index contributed by atoms with van der Waals surface area (Å²) in [5.74, 6) is 0.664. The van der Waals surface area contributed by atoms with Crippen LogP contribution in [0.3, 0.4) is 0 Å². The van der Waals surface area contributed by atoms with Gasteiger partial charge in [0.25, 0.3) is 0 Å². The summed E-state index contributed by atoms with van der Waals surface area (Å²) in [6, 6.07) is 5.02. The van der Waals surface area contributed by atoms with Gasteiger partial charge in [-0.2, -0.15) is 18.2 Å². The van der Waals surface area contributed by atoms with Gasteiger partial charge in [0, 0.05) is 25.1 Å². The first kappa shape index (κ1) is 20.3. The van der Waals surface area contributed by atoms with Crippen LogP contribution in [0.25, 0.3) is 11.4 Å². The van der Waals surface area contributed by atoms with Crippen LogP contribution in [0.1, 0.15) is 44.1 Å². The van der Waals surface area contributed by atoms with Crippen molar-refractivity contribution in [2.24, 2.45) is 0 Å². The van der Waals surface area contributed by atoms with Crippen molar-refractivity contribution in [3.8, 4) is 11.4 Å². The number of amides is 1. The number of nitrogens with zero attached hydrogens (tertiary/aromatic N) is 3. The van der Waals surface area contributed by atoms with Crippen molar-refractivity contribution in [1.29, 1.82) is 0 Å². The van der Waals surface area contributed by atoms with Crippen LogP contribution in [0.2, 0.25) is 0 Å². The summed E-state index contributed by atoms with van der Waals surface area (Å²) in [5, 5.41) is 6.72. The molecule has 2 aromatic rings. The molecule has 1 aromatic carbocycles. The molecule has 6 nitrogen and oxygen atoms in total. The normalized spacial score (nSPS) is 18.2. The van der Waals surface area contributed by atoms with Gasteiger partial charge in [-0.25, -0.2) is 0 Å². The Bertz CT molecular complexity index is 789. The largest absolute Gasteiger partial charge is 0.416 e. The summed E-state index contributed by atoms with van der Waals surface area (Å²) in [6.07, 6.45) is -0.265. The Hall–Kier alpha value is -2.42. The Morgan fingerprint density at radius 2 is 2.04 bits per heavy atom. The number of carbonyl (C=O) groups is 1. The van der Waals surface area contributed by atoms with Gasteiger partial charge in [-0.1, -0.05) is 23.7 Å². The van der Waals surface area contributed by atoms with E-state index in [-0.39, 0.29) is 11.7 Å². The monoisotopic (exact) mass is 396 g/mol. The number of piperidine rings is 1. The molecule has 1 amide bonds. The second-order valence-corrected chi connectivity index (χ2v) is 6.98. The van der Waals surface area contributed by atoms with Crippen LogP contribution in [-0.4, -0.2) is 40.1 Å². The van der Waals surface area contributed by atoms with Crippen LogP contribution in [0.15, 0.2) is 28.8 Å². The molecular weight excluding hydrogens is 373 g/mol. The van der Waals surface area contributed by atoms with Gasteiger partial charge in [0.15, 0.2) is 0 Å². The fourth-order valence-electron chi connectivity index (χ4n) is 3.43. The van der Waals surface area contributed by atoms with Crippen molar-refractivity contribution >= 4 is 5.91 Å². The zero-order valence-corrected chi connectivity index (χ0v) is 15.6. The lowest BCUT2D eigenvalue weighted by molar-refractivity contribution is -0.137. The van der Waals surface area contributed by atoms with Gasteiger partial charge in [0.2, 0.25) is 17.6 Å². The number of likely N-dealkylation sites (tertiary alicyclic amines) is 1. The van der Waals surface area contributed by atoms with Gasteiger partial charge < -0.3 is 9.84 Å². The van der Waals surface area contributed by atoms with Gasteiger partial charge in [-0.3, -0.25) is 9.69 Å². The van der Waals surface area contributed by atoms with Gasteiger partial charge >= 0.3 is 6.18 Å². The van der Waals surface area contributed by atoms with E-state index in [2.05, 4.69) is 20.4 Å². The third kappa shape index (κ3) is 5.31. The molecule has 28 heavy (non-hydrogen) atoms. The fraction of sp³-hybridized carbons (Fsp3) is 0.526. The number of halogens is 3. The summed E-state index contributed by atoms with van der Waals surface area (Å²) in [7, 11) is 0. The molecule has 1 aliphatic heterocycles. The van der Waals surface area contributed by atoms with Crippen LogP contribution in [0.5, 0.6) is 0 Å². The number of benzene rings is 1. The highest BCUT2D eigenvalue weighted by Crippen LogP contribution is 2.30. The molecule has 1 aromatic heterocycles. The van der Waals surface area contributed by atoms with Gasteiger partial charge in [-0.05, 0) is 37.9 Å². The van der Waals surface area contributed by atoms with E-state index in [9.17, 15) is 18.0 Å². The molecule has 1 saturated heterocycles. The second-order valence-electron chi connectivity index (χ2n) is 6.98. The van der Waals surface area contributed by atoms with Crippen molar-refractivity contribution in [2.75, 3.05) is 13.1 Å². The highest BCUT2D eigenvalue weighted by molar-refractivity contribution is 5.72. The predicted molar refractivity (Wildman–Crippen MR) is 96.1 cm³/mol. The topological polar surface area (TPSA) is 71.3 Å². The lowest BCUT2D eigenvalue weighted by Gasteiger charge is -2.34. The Morgan fingerprint density at radius 3 is 2.71 bits per heavy atom. The Labute approximate surface area is 161 Å². The third-order valence-electron chi connectivity index (χ3n) is 4.88. The molecule has 1 aliphatic rings. The van der Waals surface area contributed by atoms with Crippen LogP contribution in [0.4, 0.5) is 13.2 Å². The fourth-order valence-corrected chi connectivity index (χ4v) is 3.43. The smallest absolute Gasteiger partial charge is 0.356 e. The molecule has 1 fully saturated rings. The van der Waals surface area contributed by atoms with Gasteiger partial charge in [0.1, 0.15) is 0 Å². The number of nitrogens with one attached hydrogen (secondary N) is 1. The quantitative estimate of drug-likeness (QED) is 0.807. The first-order chi connectivity index (χ1) is 13.3. The maximum atomic E-state index is 12.7. The molecule has 3 rings (SSSR count). The average Bonchev–Trinajstić information content (AvgIpc) is 3.11. The molecule has 0 spiro atoms. The molecule has 0 saturated carbocycles. The van der Waals surface area contributed by atoms with Crippen molar-refractivity contribution < 1.29 is 22.5 Å². The number of rotatable bonds is 6. The van der Waals surface area contributed by atoms with E-state index in [1.165, 1.54) is 19.1 Å². The number of alkyl halides is 3. The standard InChI is InChI=1S/C19H23F3N4O2/c1-13(27)23-10-9-16-4-2-3-11-26(16)12-17-24-18(25-28-17)14-5-7-15(8-6-14)19(20,21)22/h5-8,16H,2-4,9-12H2,1H3,(H,23,27). The number of hydrogen-bond acceptors (Lipinski definition) is 5. The van der Waals surface area contributed by atoms with Crippen molar-refractivity contribution in [1.82, 2.24) is 20.4 Å². The van der Waals surface area contributed by atoms with E-state index in [0.29, 0.717) is 30.6 Å².